The number of alkyl carbamates (subject to hydrolysis) is 1. The average Bonchev–Trinajstić information content (AvgIpc) is 2.20. The third-order valence-electron chi connectivity index (χ3n) is 2.25. The number of nitrogens with one attached hydrogen (secondary N) is 1. The van der Waals surface area contributed by atoms with E-state index >= 15 is 0 Å². The molecule has 146 valence electrons. The molecule has 0 aromatic rings. The molecule has 1 amide bonds. The van der Waals surface area contributed by atoms with Gasteiger partial charge in [-0.2, -0.15) is 0 Å². The van der Waals surface area contributed by atoms with Gasteiger partial charge in [-0.25, -0.2) is 9.59 Å². The van der Waals surface area contributed by atoms with Crippen LogP contribution in [0, 0.1) is 0 Å². The lowest BCUT2D eigenvalue weighted by Gasteiger charge is -2.42. The normalized spacial score (nSPS) is 17.9. The first-order valence-electron chi connectivity index (χ1n) is 6.85. The van der Waals surface area contributed by atoms with Gasteiger partial charge in [-0.1, -0.05) is 35.4 Å². The molecule has 0 bridgehead atoms. The maximum atomic E-state index is 12.5. The molecule has 5 nitrogen and oxygen atoms in total. The Morgan fingerprint density at radius 3 is 2.04 bits per heavy atom. The molecule has 0 radical (unpaired) electrons. The van der Waals surface area contributed by atoms with E-state index in [1.807, 2.05) is 5.32 Å². The summed E-state index contributed by atoms with van der Waals surface area (Å²) in [7, 11) is -9.66. The lowest BCUT2D eigenvalue weighted by Crippen LogP contribution is -2.46. The Bertz CT molecular complexity index is 479. The molecule has 0 saturated carbocycles. The van der Waals surface area contributed by atoms with Crippen molar-refractivity contribution in [3.05, 3.63) is 0 Å². The number of amides is 1. The number of esters is 1. The van der Waals surface area contributed by atoms with Crippen molar-refractivity contribution < 1.29 is 38.5 Å². The Labute approximate surface area is 145 Å². The number of carbonyl (C=O) groups excluding carboxylic acids is 2. The molecule has 2 unspecified atom stereocenters. The highest BCUT2D eigenvalue weighted by molar-refractivity contribution is 9.09. The zero-order valence-electron chi connectivity index (χ0n) is 13.6. The first-order chi connectivity index (χ1) is 10.3. The van der Waals surface area contributed by atoms with Gasteiger partial charge in [0.2, 0.25) is 0 Å². The summed E-state index contributed by atoms with van der Waals surface area (Å²) in [6, 6.07) is -1.57. The van der Waals surface area contributed by atoms with Crippen molar-refractivity contribution in [1.29, 1.82) is 0 Å². The van der Waals surface area contributed by atoms with E-state index in [0.29, 0.717) is 0 Å². The standard InChI is InChI=1S/C12H21BrF5NO4S/c1-5-22-10(20)9(19-11(21)23-12(2,3)4)6-8(13)7-24(14,15,16,17)18/h8-9H,5-7H2,1-4H3,(H,19,21). The highest BCUT2D eigenvalue weighted by Crippen LogP contribution is 2.98. The molecule has 0 aromatic heterocycles. The number of hydrogen-bond donors (Lipinski definition) is 1. The molecule has 0 aliphatic carbocycles. The fraction of sp³-hybridized carbons (Fsp3) is 0.833. The minimum absolute atomic E-state index is 0.0974. The van der Waals surface area contributed by atoms with Crippen LogP contribution in [0.15, 0.2) is 0 Å². The lowest BCUT2D eigenvalue weighted by molar-refractivity contribution is -0.145. The van der Waals surface area contributed by atoms with Gasteiger partial charge < -0.3 is 14.8 Å². The lowest BCUT2D eigenvalue weighted by atomic mass is 10.1. The van der Waals surface area contributed by atoms with Gasteiger partial charge in [-0.3, -0.25) is 0 Å². The molecule has 24 heavy (non-hydrogen) atoms. The maximum Gasteiger partial charge on any atom is 0.408 e. The molecule has 0 spiro atoms. The zero-order valence-corrected chi connectivity index (χ0v) is 16.0. The SMILES string of the molecule is CCOC(=O)C(CC(Br)CS(F)(F)(F)(F)F)NC(=O)OC(C)(C)C. The van der Waals surface area contributed by atoms with Crippen molar-refractivity contribution in [3.63, 3.8) is 0 Å². The molecular weight excluding hydrogens is 429 g/mol. The molecule has 0 fully saturated rings. The first kappa shape index (κ1) is 23.2. The number of alkyl halides is 1. The molecule has 0 aliphatic rings. The highest BCUT2D eigenvalue weighted by Gasteiger charge is 2.64. The molecular formula is C12H21BrF5NO4S. The summed E-state index contributed by atoms with van der Waals surface area (Å²) in [4.78, 5) is 21.6. The third kappa shape index (κ3) is 12.6. The summed E-state index contributed by atoms with van der Waals surface area (Å²) >= 11 is 2.49. The van der Waals surface area contributed by atoms with Crippen molar-refractivity contribution in [2.75, 3.05) is 12.4 Å². The topological polar surface area (TPSA) is 64.6 Å². The second-order valence-corrected chi connectivity index (χ2v) is 9.97. The van der Waals surface area contributed by atoms with Crippen LogP contribution >= 0.6 is 26.2 Å². The van der Waals surface area contributed by atoms with Crippen molar-refractivity contribution in [3.8, 4) is 0 Å². The minimum Gasteiger partial charge on any atom is -0.464 e. The maximum absolute atomic E-state index is 12.5. The van der Waals surface area contributed by atoms with Gasteiger partial charge in [0.05, 0.1) is 12.4 Å². The third-order valence-corrected chi connectivity index (χ3v) is 4.41. The van der Waals surface area contributed by atoms with E-state index in [1.165, 1.54) is 27.7 Å². The van der Waals surface area contributed by atoms with Crippen LogP contribution in [0.4, 0.5) is 24.2 Å². The average molecular weight is 450 g/mol. The fourth-order valence-corrected chi connectivity index (χ4v) is 4.26. The Hall–Kier alpha value is -0.780. The fourth-order valence-electron chi connectivity index (χ4n) is 1.57. The first-order valence-corrected chi connectivity index (χ1v) is 9.88. The van der Waals surface area contributed by atoms with Crippen LogP contribution in [-0.4, -0.2) is 40.9 Å². The van der Waals surface area contributed by atoms with Crippen LogP contribution in [-0.2, 0) is 14.3 Å². The predicted molar refractivity (Wildman–Crippen MR) is 85.1 cm³/mol. The smallest absolute Gasteiger partial charge is 0.408 e. The van der Waals surface area contributed by atoms with Crippen LogP contribution in [0.1, 0.15) is 34.1 Å². The minimum atomic E-state index is -9.66. The van der Waals surface area contributed by atoms with Gasteiger partial charge in [0.1, 0.15) is 11.6 Å². The van der Waals surface area contributed by atoms with Crippen molar-refractivity contribution in [1.82, 2.24) is 5.32 Å². The van der Waals surface area contributed by atoms with E-state index in [1.54, 1.807) is 0 Å². The second-order valence-electron chi connectivity index (χ2n) is 6.08. The number of rotatable bonds is 7. The number of hydrogen-bond acceptors (Lipinski definition) is 4. The van der Waals surface area contributed by atoms with Crippen LogP contribution < -0.4 is 5.32 Å². The van der Waals surface area contributed by atoms with Crippen LogP contribution in [0.5, 0.6) is 0 Å². The van der Waals surface area contributed by atoms with E-state index in [4.69, 9.17) is 4.74 Å². The van der Waals surface area contributed by atoms with E-state index in [2.05, 4.69) is 20.7 Å². The van der Waals surface area contributed by atoms with E-state index in [9.17, 15) is 29.0 Å². The molecule has 0 aliphatic heterocycles. The van der Waals surface area contributed by atoms with Gasteiger partial charge in [0, 0.05) is 4.83 Å². The van der Waals surface area contributed by atoms with Gasteiger partial charge in [-0.15, -0.1) is 0 Å². The molecule has 0 saturated heterocycles. The second kappa shape index (κ2) is 6.85. The number of carbonyl (C=O) groups is 2. The Balaban J connectivity index is 5.04. The largest absolute Gasteiger partial charge is 0.464 e. The van der Waals surface area contributed by atoms with E-state index < -0.39 is 50.9 Å². The summed E-state index contributed by atoms with van der Waals surface area (Å²) in [6.45, 7) is 5.96. The number of ether oxygens (including phenoxy) is 2. The summed E-state index contributed by atoms with van der Waals surface area (Å²) < 4.78 is 72.0. The summed E-state index contributed by atoms with van der Waals surface area (Å²) in [5.74, 6) is -3.46. The molecule has 1 N–H and O–H groups in total. The van der Waals surface area contributed by atoms with Gasteiger partial charge in [-0.05, 0) is 34.1 Å². The highest BCUT2D eigenvalue weighted by atomic mass is 79.9. The summed E-state index contributed by atoms with van der Waals surface area (Å²) in [6.07, 6.45) is -1.82. The molecule has 2 atom stereocenters. The van der Waals surface area contributed by atoms with E-state index in [-0.39, 0.29) is 6.61 Å². The van der Waals surface area contributed by atoms with Crippen LogP contribution in [0.25, 0.3) is 0 Å². The van der Waals surface area contributed by atoms with Crippen molar-refractivity contribution >= 4 is 38.2 Å². The van der Waals surface area contributed by atoms with Gasteiger partial charge in [0.15, 0.2) is 0 Å². The summed E-state index contributed by atoms with van der Waals surface area (Å²) in [5.41, 5.74) is -0.916. The van der Waals surface area contributed by atoms with Crippen molar-refractivity contribution in [2.24, 2.45) is 0 Å². The molecule has 12 heteroatoms. The number of halogens is 6. The Kier molecular flexibility index (Phi) is 6.63. The Morgan fingerprint density at radius 2 is 1.67 bits per heavy atom. The van der Waals surface area contributed by atoms with E-state index in [0.717, 1.165) is 0 Å². The predicted octanol–water partition coefficient (Wildman–Crippen LogP) is 4.89. The zero-order chi connectivity index (χ0) is 19.5. The summed E-state index contributed by atoms with van der Waals surface area (Å²) in [5, 5.41) is 2.04. The monoisotopic (exact) mass is 449 g/mol. The molecule has 0 aromatic carbocycles. The molecule has 0 rings (SSSR count). The van der Waals surface area contributed by atoms with Crippen molar-refractivity contribution in [2.45, 2.75) is 50.6 Å². The quantitative estimate of drug-likeness (QED) is 0.341. The molecule has 0 heterocycles. The Morgan fingerprint density at radius 1 is 1.17 bits per heavy atom. The van der Waals surface area contributed by atoms with Crippen LogP contribution in [0.2, 0.25) is 0 Å². The van der Waals surface area contributed by atoms with Crippen LogP contribution in [0.3, 0.4) is 0 Å². The van der Waals surface area contributed by atoms with Gasteiger partial charge in [0.25, 0.3) is 10.2 Å². The van der Waals surface area contributed by atoms with Gasteiger partial charge >= 0.3 is 12.1 Å².